The molecule has 0 bridgehead atoms. The molecule has 0 unspecified atom stereocenters. The van der Waals surface area contributed by atoms with Gasteiger partial charge in [-0.2, -0.15) is 0 Å². The molecule has 4 nitrogen and oxygen atoms in total. The van der Waals surface area contributed by atoms with E-state index in [9.17, 15) is 4.79 Å². The van der Waals surface area contributed by atoms with Crippen molar-refractivity contribution in [3.05, 3.63) is 65.2 Å². The van der Waals surface area contributed by atoms with Crippen LogP contribution in [0.15, 0.2) is 48.5 Å². The van der Waals surface area contributed by atoms with Gasteiger partial charge in [-0.3, -0.25) is 4.79 Å². The second-order valence-corrected chi connectivity index (χ2v) is 7.23. The summed E-state index contributed by atoms with van der Waals surface area (Å²) in [4.78, 5) is 14.4. The molecule has 1 aliphatic heterocycles. The van der Waals surface area contributed by atoms with Crippen LogP contribution in [0.5, 0.6) is 0 Å². The predicted molar refractivity (Wildman–Crippen MR) is 108 cm³/mol. The number of anilines is 1. The van der Waals surface area contributed by atoms with E-state index in [0.717, 1.165) is 25.1 Å². The third-order valence-electron chi connectivity index (χ3n) is 5.09. The molecule has 1 heterocycles. The van der Waals surface area contributed by atoms with E-state index in [4.69, 9.17) is 0 Å². The highest BCUT2D eigenvalue weighted by atomic mass is 16.1. The average Bonchev–Trinajstić information content (AvgIpc) is 2.69. The third-order valence-corrected chi connectivity index (χ3v) is 5.09. The van der Waals surface area contributed by atoms with Gasteiger partial charge in [-0.1, -0.05) is 24.3 Å². The molecule has 0 aromatic heterocycles. The minimum Gasteiger partial charge on any atom is -0.378 e. The summed E-state index contributed by atoms with van der Waals surface area (Å²) in [7, 11) is 4.07. The number of carbonyl (C=O) groups is 1. The lowest BCUT2D eigenvalue weighted by atomic mass is 9.91. The molecular weight excluding hydrogens is 322 g/mol. The lowest BCUT2D eigenvalue weighted by molar-refractivity contribution is 0.0954. The number of rotatable bonds is 6. The first-order valence-electron chi connectivity index (χ1n) is 9.48. The Hall–Kier alpha value is -2.33. The Morgan fingerprint density at radius 3 is 2.46 bits per heavy atom. The molecule has 4 heteroatoms. The van der Waals surface area contributed by atoms with Crippen molar-refractivity contribution >= 4 is 11.6 Å². The summed E-state index contributed by atoms with van der Waals surface area (Å²) in [5.41, 5.74) is 4.48. The maximum absolute atomic E-state index is 12.3. The Bertz CT molecular complexity index is 701. The lowest BCUT2D eigenvalue weighted by Gasteiger charge is -2.23. The zero-order valence-corrected chi connectivity index (χ0v) is 15.8. The Morgan fingerprint density at radius 2 is 1.85 bits per heavy atom. The average molecular weight is 351 g/mol. The largest absolute Gasteiger partial charge is 0.378 e. The fourth-order valence-corrected chi connectivity index (χ4v) is 3.43. The van der Waals surface area contributed by atoms with Gasteiger partial charge in [0.05, 0.1) is 0 Å². The van der Waals surface area contributed by atoms with Gasteiger partial charge in [-0.25, -0.2) is 0 Å². The minimum atomic E-state index is 0.00299. The smallest absolute Gasteiger partial charge is 0.251 e. The molecule has 0 radical (unpaired) electrons. The van der Waals surface area contributed by atoms with Crippen molar-refractivity contribution in [3.63, 3.8) is 0 Å². The van der Waals surface area contributed by atoms with Gasteiger partial charge in [0, 0.05) is 38.4 Å². The molecule has 3 rings (SSSR count). The molecule has 1 atom stereocenters. The van der Waals surface area contributed by atoms with Crippen LogP contribution < -0.4 is 15.5 Å². The first-order valence-corrected chi connectivity index (χ1v) is 9.48. The SMILES string of the molecule is CN(C)c1ccc(CCNC(=O)c2ccc([C@@H]3CCCNC3)cc2)cc1. The maximum Gasteiger partial charge on any atom is 0.251 e. The number of amides is 1. The van der Waals surface area contributed by atoms with Crippen LogP contribution in [0.2, 0.25) is 0 Å². The molecule has 138 valence electrons. The van der Waals surface area contributed by atoms with Crippen LogP contribution in [0.3, 0.4) is 0 Å². The van der Waals surface area contributed by atoms with E-state index in [0.29, 0.717) is 12.5 Å². The molecule has 1 fully saturated rings. The monoisotopic (exact) mass is 351 g/mol. The number of carbonyl (C=O) groups excluding carboxylic acids is 1. The van der Waals surface area contributed by atoms with E-state index >= 15 is 0 Å². The molecular formula is C22H29N3O. The molecule has 0 spiro atoms. The van der Waals surface area contributed by atoms with Crippen molar-refractivity contribution in [1.29, 1.82) is 0 Å². The summed E-state index contributed by atoms with van der Waals surface area (Å²) in [6.45, 7) is 2.81. The standard InChI is InChI=1S/C22H29N3O/c1-25(2)21-11-5-17(6-12-21)13-15-24-22(26)19-9-7-18(8-10-19)20-4-3-14-23-16-20/h5-12,20,23H,3-4,13-16H2,1-2H3,(H,24,26)/t20-/m1/s1. The molecule has 2 aromatic rings. The van der Waals surface area contributed by atoms with Crippen LogP contribution in [0.4, 0.5) is 5.69 Å². The zero-order chi connectivity index (χ0) is 18.4. The van der Waals surface area contributed by atoms with Crippen LogP contribution in [0.1, 0.15) is 40.2 Å². The molecule has 2 aromatic carbocycles. The van der Waals surface area contributed by atoms with Crippen LogP contribution in [-0.4, -0.2) is 39.6 Å². The minimum absolute atomic E-state index is 0.00299. The fraction of sp³-hybridized carbons (Fsp3) is 0.409. The Balaban J connectivity index is 1.48. The first-order chi connectivity index (χ1) is 12.6. The first kappa shape index (κ1) is 18.5. The van der Waals surface area contributed by atoms with Crippen LogP contribution >= 0.6 is 0 Å². The van der Waals surface area contributed by atoms with Gasteiger partial charge < -0.3 is 15.5 Å². The number of hydrogen-bond donors (Lipinski definition) is 2. The van der Waals surface area contributed by atoms with Crippen molar-refractivity contribution in [1.82, 2.24) is 10.6 Å². The fourth-order valence-electron chi connectivity index (χ4n) is 3.43. The molecule has 0 saturated carbocycles. The Kier molecular flexibility index (Phi) is 6.29. The molecule has 0 aliphatic carbocycles. The van der Waals surface area contributed by atoms with E-state index < -0.39 is 0 Å². The second-order valence-electron chi connectivity index (χ2n) is 7.23. The second kappa shape index (κ2) is 8.86. The number of benzene rings is 2. The van der Waals surface area contributed by atoms with Crippen LogP contribution in [0.25, 0.3) is 0 Å². The summed E-state index contributed by atoms with van der Waals surface area (Å²) in [6.07, 6.45) is 3.29. The lowest BCUT2D eigenvalue weighted by Crippen LogP contribution is -2.28. The van der Waals surface area contributed by atoms with Crippen molar-refractivity contribution in [2.24, 2.45) is 0 Å². The van der Waals surface area contributed by atoms with E-state index in [-0.39, 0.29) is 5.91 Å². The zero-order valence-electron chi connectivity index (χ0n) is 15.8. The summed E-state index contributed by atoms with van der Waals surface area (Å²) < 4.78 is 0. The van der Waals surface area contributed by atoms with Crippen molar-refractivity contribution in [2.45, 2.75) is 25.2 Å². The highest BCUT2D eigenvalue weighted by Crippen LogP contribution is 2.23. The normalized spacial score (nSPS) is 16.9. The number of nitrogens with one attached hydrogen (secondary N) is 2. The Morgan fingerprint density at radius 1 is 1.12 bits per heavy atom. The van der Waals surface area contributed by atoms with E-state index in [1.807, 2.05) is 26.2 Å². The number of piperidine rings is 1. The molecule has 26 heavy (non-hydrogen) atoms. The summed E-state index contributed by atoms with van der Waals surface area (Å²) in [5.74, 6) is 0.578. The summed E-state index contributed by atoms with van der Waals surface area (Å²) in [5, 5.41) is 6.46. The van der Waals surface area contributed by atoms with Crippen LogP contribution in [-0.2, 0) is 6.42 Å². The highest BCUT2D eigenvalue weighted by Gasteiger charge is 2.15. The number of nitrogens with zero attached hydrogens (tertiary/aromatic N) is 1. The van der Waals surface area contributed by atoms with Gasteiger partial charge in [0.15, 0.2) is 0 Å². The summed E-state index contributed by atoms with van der Waals surface area (Å²) in [6, 6.07) is 16.6. The highest BCUT2D eigenvalue weighted by molar-refractivity contribution is 5.94. The predicted octanol–water partition coefficient (Wildman–Crippen LogP) is 3.19. The van der Waals surface area contributed by atoms with Gasteiger partial charge in [0.2, 0.25) is 0 Å². The van der Waals surface area contributed by atoms with Gasteiger partial charge >= 0.3 is 0 Å². The molecule has 2 N–H and O–H groups in total. The van der Waals surface area contributed by atoms with Crippen molar-refractivity contribution < 1.29 is 4.79 Å². The van der Waals surface area contributed by atoms with Crippen LogP contribution in [0, 0.1) is 0 Å². The number of hydrogen-bond acceptors (Lipinski definition) is 3. The van der Waals surface area contributed by atoms with Crippen molar-refractivity contribution in [3.8, 4) is 0 Å². The van der Waals surface area contributed by atoms with E-state index in [1.54, 1.807) is 0 Å². The Labute approximate surface area is 156 Å². The quantitative estimate of drug-likeness (QED) is 0.840. The van der Waals surface area contributed by atoms with Gasteiger partial charge in [0.1, 0.15) is 0 Å². The maximum atomic E-state index is 12.3. The molecule has 1 saturated heterocycles. The van der Waals surface area contributed by atoms with E-state index in [2.05, 4.69) is 51.9 Å². The van der Waals surface area contributed by atoms with Crippen molar-refractivity contribution in [2.75, 3.05) is 38.6 Å². The van der Waals surface area contributed by atoms with Gasteiger partial charge in [-0.15, -0.1) is 0 Å². The summed E-state index contributed by atoms with van der Waals surface area (Å²) >= 11 is 0. The van der Waals surface area contributed by atoms with Gasteiger partial charge in [0.25, 0.3) is 5.91 Å². The molecule has 1 aliphatic rings. The molecule has 1 amide bonds. The van der Waals surface area contributed by atoms with Gasteiger partial charge in [-0.05, 0) is 67.1 Å². The third kappa shape index (κ3) is 4.85. The van der Waals surface area contributed by atoms with E-state index in [1.165, 1.54) is 29.7 Å². The topological polar surface area (TPSA) is 44.4 Å².